The molecule has 1 aliphatic carbocycles. The van der Waals surface area contributed by atoms with Crippen LogP contribution in [0, 0.1) is 16.2 Å². The Morgan fingerprint density at radius 2 is 1.85 bits per heavy atom. The second kappa shape index (κ2) is 5.64. The summed E-state index contributed by atoms with van der Waals surface area (Å²) in [5.74, 6) is -0.909. The summed E-state index contributed by atoms with van der Waals surface area (Å²) < 4.78 is 0. The summed E-state index contributed by atoms with van der Waals surface area (Å²) >= 11 is 0. The van der Waals surface area contributed by atoms with Gasteiger partial charge in [-0.1, -0.05) is 41.5 Å². The number of rotatable bonds is 6. The maximum Gasteiger partial charge on any atom is 0.320 e. The van der Waals surface area contributed by atoms with Crippen LogP contribution in [0.3, 0.4) is 0 Å². The molecule has 118 valence electrons. The van der Waals surface area contributed by atoms with Crippen LogP contribution in [0.5, 0.6) is 0 Å². The SMILES string of the molecule is CC1(C)CC(NCCCC(N)C(=O)O)C(C)(C)C1(C)C. The van der Waals surface area contributed by atoms with E-state index >= 15 is 0 Å². The van der Waals surface area contributed by atoms with E-state index < -0.39 is 12.0 Å². The molecule has 20 heavy (non-hydrogen) atoms. The topological polar surface area (TPSA) is 75.3 Å². The zero-order chi connectivity index (χ0) is 15.8. The van der Waals surface area contributed by atoms with Gasteiger partial charge in [-0.3, -0.25) is 4.79 Å². The van der Waals surface area contributed by atoms with E-state index in [4.69, 9.17) is 10.8 Å². The van der Waals surface area contributed by atoms with Crippen LogP contribution < -0.4 is 11.1 Å². The lowest BCUT2D eigenvalue weighted by Gasteiger charge is -2.45. The zero-order valence-corrected chi connectivity index (χ0v) is 13.9. The van der Waals surface area contributed by atoms with Crippen LogP contribution in [0.25, 0.3) is 0 Å². The van der Waals surface area contributed by atoms with Crippen molar-refractivity contribution in [2.75, 3.05) is 6.54 Å². The van der Waals surface area contributed by atoms with Gasteiger partial charge in [-0.15, -0.1) is 0 Å². The van der Waals surface area contributed by atoms with Crippen LogP contribution in [0.4, 0.5) is 0 Å². The zero-order valence-electron chi connectivity index (χ0n) is 13.9. The van der Waals surface area contributed by atoms with E-state index in [1.807, 2.05) is 0 Å². The number of aliphatic carboxylic acids is 1. The van der Waals surface area contributed by atoms with E-state index in [1.54, 1.807) is 0 Å². The molecule has 0 aromatic rings. The van der Waals surface area contributed by atoms with E-state index in [1.165, 1.54) is 0 Å². The molecule has 1 fully saturated rings. The second-order valence-electron chi connectivity index (χ2n) is 8.03. The van der Waals surface area contributed by atoms with Crippen LogP contribution in [0.1, 0.15) is 60.8 Å². The first-order chi connectivity index (χ1) is 8.93. The predicted octanol–water partition coefficient (Wildman–Crippen LogP) is 2.62. The predicted molar refractivity (Wildman–Crippen MR) is 82.6 cm³/mol. The number of hydrogen-bond donors (Lipinski definition) is 3. The van der Waals surface area contributed by atoms with Gasteiger partial charge in [-0.25, -0.2) is 0 Å². The second-order valence-corrected chi connectivity index (χ2v) is 8.03. The molecule has 4 heteroatoms. The third-order valence-corrected chi connectivity index (χ3v) is 6.29. The normalized spacial score (nSPS) is 28.2. The van der Waals surface area contributed by atoms with Gasteiger partial charge in [0.25, 0.3) is 0 Å². The summed E-state index contributed by atoms with van der Waals surface area (Å²) in [6.45, 7) is 14.9. The van der Waals surface area contributed by atoms with Crippen LogP contribution >= 0.6 is 0 Å². The van der Waals surface area contributed by atoms with Crippen LogP contribution in [0.2, 0.25) is 0 Å². The minimum atomic E-state index is -0.909. The summed E-state index contributed by atoms with van der Waals surface area (Å²) in [7, 11) is 0. The minimum Gasteiger partial charge on any atom is -0.480 e. The van der Waals surface area contributed by atoms with Gasteiger partial charge in [-0.2, -0.15) is 0 Å². The average molecular weight is 284 g/mol. The molecule has 0 aliphatic heterocycles. The number of nitrogens with two attached hydrogens (primary N) is 1. The molecular weight excluding hydrogens is 252 g/mol. The molecule has 0 spiro atoms. The minimum absolute atomic E-state index is 0.214. The van der Waals surface area contributed by atoms with Gasteiger partial charge in [0.1, 0.15) is 6.04 Å². The molecule has 4 nitrogen and oxygen atoms in total. The van der Waals surface area contributed by atoms with E-state index in [2.05, 4.69) is 46.9 Å². The van der Waals surface area contributed by atoms with Gasteiger partial charge in [-0.05, 0) is 42.1 Å². The van der Waals surface area contributed by atoms with Crippen molar-refractivity contribution in [3.63, 3.8) is 0 Å². The van der Waals surface area contributed by atoms with E-state index in [-0.39, 0.29) is 10.8 Å². The molecule has 0 saturated heterocycles. The summed E-state index contributed by atoms with van der Waals surface area (Å²) in [4.78, 5) is 10.7. The van der Waals surface area contributed by atoms with Gasteiger partial charge >= 0.3 is 5.97 Å². The van der Waals surface area contributed by atoms with Crippen molar-refractivity contribution in [2.24, 2.45) is 22.0 Å². The maximum atomic E-state index is 10.7. The number of carbonyl (C=O) groups is 1. The number of nitrogens with one attached hydrogen (secondary N) is 1. The fraction of sp³-hybridized carbons (Fsp3) is 0.938. The molecule has 2 atom stereocenters. The van der Waals surface area contributed by atoms with Crippen molar-refractivity contribution in [2.45, 2.75) is 72.9 Å². The average Bonchev–Trinajstić information content (AvgIpc) is 2.42. The molecule has 4 N–H and O–H groups in total. The first-order valence-corrected chi connectivity index (χ1v) is 7.65. The fourth-order valence-corrected chi connectivity index (χ4v) is 3.38. The third kappa shape index (κ3) is 3.01. The lowest BCUT2D eigenvalue weighted by Crippen LogP contribution is -2.45. The lowest BCUT2D eigenvalue weighted by molar-refractivity contribution is -0.138. The molecule has 1 saturated carbocycles. The molecule has 0 aromatic carbocycles. The molecular formula is C16H32N2O2. The van der Waals surface area contributed by atoms with Crippen LogP contribution in [-0.4, -0.2) is 29.7 Å². The van der Waals surface area contributed by atoms with Crippen molar-refractivity contribution in [3.8, 4) is 0 Å². The Bertz CT molecular complexity index is 361. The molecule has 0 heterocycles. The number of carboxylic acid groups (broad SMARTS) is 1. The first-order valence-electron chi connectivity index (χ1n) is 7.65. The largest absolute Gasteiger partial charge is 0.480 e. The van der Waals surface area contributed by atoms with Gasteiger partial charge in [0.2, 0.25) is 0 Å². The summed E-state index contributed by atoms with van der Waals surface area (Å²) in [6, 6.07) is -0.269. The highest BCUT2D eigenvalue weighted by Gasteiger charge is 2.58. The van der Waals surface area contributed by atoms with E-state index in [0.29, 0.717) is 17.9 Å². The highest BCUT2D eigenvalue weighted by Crippen LogP contribution is 2.61. The third-order valence-electron chi connectivity index (χ3n) is 6.29. The molecule has 0 bridgehead atoms. The van der Waals surface area contributed by atoms with Crippen molar-refractivity contribution in [3.05, 3.63) is 0 Å². The van der Waals surface area contributed by atoms with Crippen LogP contribution in [0.15, 0.2) is 0 Å². The quantitative estimate of drug-likeness (QED) is 0.655. The van der Waals surface area contributed by atoms with Crippen molar-refractivity contribution >= 4 is 5.97 Å². The number of carboxylic acids is 1. The molecule has 0 radical (unpaired) electrons. The lowest BCUT2D eigenvalue weighted by atomic mass is 9.61. The Kier molecular flexibility index (Phi) is 4.92. The number of hydrogen-bond acceptors (Lipinski definition) is 3. The van der Waals surface area contributed by atoms with E-state index in [9.17, 15) is 4.79 Å². The highest BCUT2D eigenvalue weighted by atomic mass is 16.4. The van der Waals surface area contributed by atoms with Crippen molar-refractivity contribution < 1.29 is 9.90 Å². The van der Waals surface area contributed by atoms with Gasteiger partial charge in [0.15, 0.2) is 0 Å². The molecule has 1 aliphatic rings. The Balaban J connectivity index is 2.52. The van der Waals surface area contributed by atoms with E-state index in [0.717, 1.165) is 19.4 Å². The Labute approximate surface area is 123 Å². The van der Waals surface area contributed by atoms with Gasteiger partial charge in [0, 0.05) is 6.04 Å². The highest BCUT2D eigenvalue weighted by molar-refractivity contribution is 5.72. The molecule has 0 amide bonds. The van der Waals surface area contributed by atoms with Gasteiger partial charge < -0.3 is 16.2 Å². The Morgan fingerprint density at radius 3 is 2.25 bits per heavy atom. The monoisotopic (exact) mass is 284 g/mol. The summed E-state index contributed by atoms with van der Waals surface area (Å²) in [5.41, 5.74) is 6.29. The smallest absolute Gasteiger partial charge is 0.320 e. The summed E-state index contributed by atoms with van der Waals surface area (Å²) in [5, 5.41) is 12.4. The maximum absolute atomic E-state index is 10.7. The molecule has 1 rings (SSSR count). The van der Waals surface area contributed by atoms with Crippen molar-refractivity contribution in [1.29, 1.82) is 0 Å². The van der Waals surface area contributed by atoms with Crippen molar-refractivity contribution in [1.82, 2.24) is 5.32 Å². The summed E-state index contributed by atoms with van der Waals surface area (Å²) in [6.07, 6.45) is 2.49. The van der Waals surface area contributed by atoms with Crippen LogP contribution in [-0.2, 0) is 4.79 Å². The Morgan fingerprint density at radius 1 is 1.30 bits per heavy atom. The fourth-order valence-electron chi connectivity index (χ4n) is 3.38. The standard InChI is InChI=1S/C16H32N2O2/c1-14(2)10-12(15(3,4)16(14,5)6)18-9-7-8-11(17)13(19)20/h11-12,18H,7-10,17H2,1-6H3,(H,19,20). The molecule has 2 unspecified atom stereocenters. The van der Waals surface area contributed by atoms with Gasteiger partial charge in [0.05, 0.1) is 0 Å². The first kappa shape index (κ1) is 17.4. The molecule has 0 aromatic heterocycles. The Hall–Kier alpha value is -0.610.